The zero-order valence-electron chi connectivity index (χ0n) is 9.84. The minimum Gasteiger partial charge on any atom is -0.398 e. The molecule has 0 aliphatic carbocycles. The molecule has 1 amide bonds. The van der Waals surface area contributed by atoms with E-state index in [0.717, 1.165) is 10.7 Å². The Labute approximate surface area is 99.5 Å². The summed E-state index contributed by atoms with van der Waals surface area (Å²) < 4.78 is 0. The van der Waals surface area contributed by atoms with Crippen LogP contribution >= 0.6 is 0 Å². The average Bonchev–Trinajstić information content (AvgIpc) is 2.51. The van der Waals surface area contributed by atoms with E-state index in [1.165, 1.54) is 0 Å². The smallest absolute Gasteiger partial charge is 0.278 e. The van der Waals surface area contributed by atoms with E-state index in [4.69, 9.17) is 5.73 Å². The highest BCUT2D eigenvalue weighted by Crippen LogP contribution is 2.27. The number of carbonyl (C=O) groups excluding carboxylic acids is 1. The van der Waals surface area contributed by atoms with Crippen LogP contribution in [0, 0.1) is 0 Å². The molecule has 1 aliphatic heterocycles. The van der Waals surface area contributed by atoms with Gasteiger partial charge in [0.15, 0.2) is 5.72 Å². The lowest BCUT2D eigenvalue weighted by Crippen LogP contribution is -2.43. The first-order valence-corrected chi connectivity index (χ1v) is 5.37. The number of hydrogen-bond acceptors (Lipinski definition) is 4. The van der Waals surface area contributed by atoms with Crippen molar-refractivity contribution in [3.8, 4) is 0 Å². The third-order valence-electron chi connectivity index (χ3n) is 2.70. The summed E-state index contributed by atoms with van der Waals surface area (Å²) in [5.41, 5.74) is 5.92. The molecular formula is C12H15N3O2. The molecule has 1 aliphatic rings. The first-order valence-electron chi connectivity index (χ1n) is 5.37. The van der Waals surface area contributed by atoms with E-state index in [1.54, 1.807) is 38.1 Å². The highest BCUT2D eigenvalue weighted by molar-refractivity contribution is 6.01. The van der Waals surface area contributed by atoms with Crippen molar-refractivity contribution in [3.05, 3.63) is 29.8 Å². The summed E-state index contributed by atoms with van der Waals surface area (Å²) in [6.07, 6.45) is 0.353. The fourth-order valence-electron chi connectivity index (χ4n) is 1.94. The number of nitrogen functional groups attached to an aromatic ring is 1. The van der Waals surface area contributed by atoms with Crippen LogP contribution in [0.15, 0.2) is 29.4 Å². The van der Waals surface area contributed by atoms with Gasteiger partial charge < -0.3 is 10.8 Å². The summed E-state index contributed by atoms with van der Waals surface area (Å²) in [4.78, 5) is 12.2. The summed E-state index contributed by atoms with van der Waals surface area (Å²) in [6.45, 7) is 3.33. The zero-order chi connectivity index (χ0) is 12.6. The van der Waals surface area contributed by atoms with E-state index >= 15 is 0 Å². The van der Waals surface area contributed by atoms with Crippen LogP contribution in [0.4, 0.5) is 5.69 Å². The lowest BCUT2D eigenvalue weighted by molar-refractivity contribution is -0.0552. The largest absolute Gasteiger partial charge is 0.398 e. The Bertz CT molecular complexity index is 494. The van der Waals surface area contributed by atoms with Gasteiger partial charge in [0.25, 0.3) is 5.91 Å². The van der Waals surface area contributed by atoms with Crippen molar-refractivity contribution in [1.29, 1.82) is 0 Å². The van der Waals surface area contributed by atoms with Crippen LogP contribution in [-0.4, -0.2) is 27.5 Å². The number of aliphatic hydroxyl groups is 1. The van der Waals surface area contributed by atoms with E-state index in [9.17, 15) is 9.90 Å². The number of nitrogens with zero attached hydrogens (tertiary/aromatic N) is 2. The maximum absolute atomic E-state index is 12.2. The van der Waals surface area contributed by atoms with Crippen molar-refractivity contribution in [3.63, 3.8) is 0 Å². The van der Waals surface area contributed by atoms with E-state index < -0.39 is 5.72 Å². The molecule has 0 saturated carbocycles. The van der Waals surface area contributed by atoms with E-state index in [2.05, 4.69) is 5.10 Å². The molecule has 90 valence electrons. The third-order valence-corrected chi connectivity index (χ3v) is 2.70. The van der Waals surface area contributed by atoms with Gasteiger partial charge in [-0.05, 0) is 26.0 Å². The Morgan fingerprint density at radius 3 is 2.71 bits per heavy atom. The van der Waals surface area contributed by atoms with Crippen molar-refractivity contribution >= 4 is 17.3 Å². The highest BCUT2D eigenvalue weighted by Gasteiger charge is 2.39. The van der Waals surface area contributed by atoms with Gasteiger partial charge in [0.2, 0.25) is 0 Å². The summed E-state index contributed by atoms with van der Waals surface area (Å²) in [5.74, 6) is -0.384. The van der Waals surface area contributed by atoms with Crippen LogP contribution < -0.4 is 5.73 Å². The van der Waals surface area contributed by atoms with Gasteiger partial charge in [0.05, 0.1) is 5.56 Å². The minimum absolute atomic E-state index is 0.353. The van der Waals surface area contributed by atoms with Gasteiger partial charge >= 0.3 is 0 Å². The summed E-state index contributed by atoms with van der Waals surface area (Å²) in [7, 11) is 0. The van der Waals surface area contributed by atoms with Gasteiger partial charge in [-0.3, -0.25) is 4.79 Å². The molecule has 0 radical (unpaired) electrons. The summed E-state index contributed by atoms with van der Waals surface area (Å²) >= 11 is 0. The van der Waals surface area contributed by atoms with Gasteiger partial charge in [-0.1, -0.05) is 12.1 Å². The number of amides is 1. The van der Waals surface area contributed by atoms with Crippen LogP contribution in [0.1, 0.15) is 30.6 Å². The van der Waals surface area contributed by atoms with Crippen LogP contribution in [0.5, 0.6) is 0 Å². The zero-order valence-corrected chi connectivity index (χ0v) is 9.84. The molecule has 5 nitrogen and oxygen atoms in total. The second-order valence-corrected chi connectivity index (χ2v) is 4.43. The highest BCUT2D eigenvalue weighted by atomic mass is 16.3. The van der Waals surface area contributed by atoms with Crippen LogP contribution in [0.25, 0.3) is 0 Å². The molecule has 17 heavy (non-hydrogen) atoms. The number of anilines is 1. The van der Waals surface area contributed by atoms with E-state index in [0.29, 0.717) is 17.7 Å². The minimum atomic E-state index is -1.27. The fraction of sp³-hybridized carbons (Fsp3) is 0.333. The van der Waals surface area contributed by atoms with Crippen molar-refractivity contribution in [2.24, 2.45) is 5.10 Å². The molecule has 2 rings (SSSR count). The molecule has 0 bridgehead atoms. The first-order chi connectivity index (χ1) is 7.92. The number of hydrazone groups is 1. The van der Waals surface area contributed by atoms with Crippen molar-refractivity contribution in [2.75, 3.05) is 5.73 Å². The Hall–Kier alpha value is -1.88. The van der Waals surface area contributed by atoms with Crippen molar-refractivity contribution in [2.45, 2.75) is 26.0 Å². The van der Waals surface area contributed by atoms with Gasteiger partial charge in [-0.15, -0.1) is 0 Å². The number of para-hydroxylation sites is 1. The van der Waals surface area contributed by atoms with Crippen LogP contribution in [-0.2, 0) is 0 Å². The normalized spacial score (nSPS) is 23.7. The van der Waals surface area contributed by atoms with Crippen LogP contribution in [0.2, 0.25) is 0 Å². The van der Waals surface area contributed by atoms with E-state index in [-0.39, 0.29) is 5.91 Å². The summed E-state index contributed by atoms with van der Waals surface area (Å²) in [5, 5.41) is 15.2. The lowest BCUT2D eigenvalue weighted by atomic mass is 10.1. The van der Waals surface area contributed by atoms with Crippen molar-refractivity contribution in [1.82, 2.24) is 5.01 Å². The maximum Gasteiger partial charge on any atom is 0.278 e. The number of hydrogen-bond donors (Lipinski definition) is 2. The number of rotatable bonds is 1. The molecule has 0 saturated heterocycles. The first kappa shape index (κ1) is 11.6. The Morgan fingerprint density at radius 1 is 1.53 bits per heavy atom. The molecule has 0 fully saturated rings. The molecule has 0 unspecified atom stereocenters. The molecule has 3 N–H and O–H groups in total. The lowest BCUT2D eigenvalue weighted by Gasteiger charge is -2.27. The van der Waals surface area contributed by atoms with E-state index in [1.807, 2.05) is 0 Å². The molecule has 1 heterocycles. The number of carbonyl (C=O) groups is 1. The second-order valence-electron chi connectivity index (χ2n) is 4.43. The van der Waals surface area contributed by atoms with Gasteiger partial charge in [0, 0.05) is 17.8 Å². The second kappa shape index (κ2) is 3.85. The Balaban J connectivity index is 2.36. The standard InChI is InChI=1S/C12H15N3O2/c1-8-7-12(2,17)15(14-8)11(16)9-5-3-4-6-10(9)13/h3-6,17H,7,13H2,1-2H3/t12-/m0/s1. The SMILES string of the molecule is CC1=NN(C(=O)c2ccccc2N)[C@@](C)(O)C1. The van der Waals surface area contributed by atoms with Crippen LogP contribution in [0.3, 0.4) is 0 Å². The number of benzene rings is 1. The maximum atomic E-state index is 12.2. The molecule has 1 aromatic carbocycles. The topological polar surface area (TPSA) is 78.9 Å². The number of nitrogens with two attached hydrogens (primary N) is 1. The van der Waals surface area contributed by atoms with Gasteiger partial charge in [-0.2, -0.15) is 10.1 Å². The Kier molecular flexibility index (Phi) is 2.63. The predicted molar refractivity (Wildman–Crippen MR) is 65.4 cm³/mol. The molecule has 1 atom stereocenters. The Morgan fingerprint density at radius 2 is 2.18 bits per heavy atom. The van der Waals surface area contributed by atoms with Crippen molar-refractivity contribution < 1.29 is 9.90 Å². The molecule has 0 aromatic heterocycles. The predicted octanol–water partition coefficient (Wildman–Crippen LogP) is 1.20. The van der Waals surface area contributed by atoms with Gasteiger partial charge in [-0.25, -0.2) is 0 Å². The molecule has 0 spiro atoms. The molecule has 5 heteroatoms. The third kappa shape index (κ3) is 2.01. The molecular weight excluding hydrogens is 218 g/mol. The fourth-order valence-corrected chi connectivity index (χ4v) is 1.94. The van der Waals surface area contributed by atoms with Gasteiger partial charge in [0.1, 0.15) is 0 Å². The monoisotopic (exact) mass is 233 g/mol. The quantitative estimate of drug-likeness (QED) is 0.715. The molecule has 1 aromatic rings. The summed E-state index contributed by atoms with van der Waals surface area (Å²) in [6, 6.07) is 6.75. The average molecular weight is 233 g/mol.